The van der Waals surface area contributed by atoms with Crippen molar-refractivity contribution in [3.8, 4) is 0 Å². The summed E-state index contributed by atoms with van der Waals surface area (Å²) in [5.74, 6) is 0.784. The van der Waals surface area contributed by atoms with Gasteiger partial charge in [0.25, 0.3) is 5.91 Å². The Hall–Kier alpha value is -1.26. The minimum atomic E-state index is -0.498. The molecule has 1 amide bonds. The molecule has 1 unspecified atom stereocenters. The van der Waals surface area contributed by atoms with Crippen LogP contribution in [0.15, 0.2) is 23.2 Å². The smallest absolute Gasteiger partial charge is 0.253 e. The van der Waals surface area contributed by atoms with Gasteiger partial charge in [-0.3, -0.25) is 15.1 Å². The maximum absolute atomic E-state index is 11.9. The molecular weight excluding hydrogens is 285 g/mol. The fraction of sp³-hybridized carbons (Fsp3) is 0.385. The number of hydrogen-bond acceptors (Lipinski definition) is 2. The van der Waals surface area contributed by atoms with E-state index in [1.165, 1.54) is 0 Å². The van der Waals surface area contributed by atoms with E-state index in [9.17, 15) is 4.79 Å². The van der Waals surface area contributed by atoms with Crippen LogP contribution in [0.3, 0.4) is 0 Å². The second-order valence-corrected chi connectivity index (χ2v) is 5.73. The molecule has 1 aromatic carbocycles. The van der Waals surface area contributed by atoms with Crippen molar-refractivity contribution in [3.05, 3.63) is 33.8 Å². The summed E-state index contributed by atoms with van der Waals surface area (Å²) in [5, 5.41) is 6.76. The minimum absolute atomic E-state index is 0.152. The van der Waals surface area contributed by atoms with Crippen LogP contribution >= 0.6 is 23.2 Å². The lowest BCUT2D eigenvalue weighted by molar-refractivity contribution is -0.120. The van der Waals surface area contributed by atoms with Gasteiger partial charge in [-0.1, -0.05) is 37.0 Å². The van der Waals surface area contributed by atoms with Crippen LogP contribution in [-0.2, 0) is 4.79 Å². The van der Waals surface area contributed by atoms with Crippen molar-refractivity contribution in [1.29, 1.82) is 0 Å². The van der Waals surface area contributed by atoms with Gasteiger partial charge in [0.1, 0.15) is 6.04 Å². The first-order valence-corrected chi connectivity index (χ1v) is 6.79. The molecule has 4 nitrogen and oxygen atoms in total. The standard InChI is InChI=1S/C13H15Cl2N3O/c1-7(2)6-16-13-17-11(12(19)18-13)8-3-9(14)5-10(15)4-8/h3-5,7,11H,6H2,1-2H3,(H2,16,17,18,19). The van der Waals surface area contributed by atoms with Crippen LogP contribution in [-0.4, -0.2) is 18.4 Å². The molecule has 1 heterocycles. The first-order chi connectivity index (χ1) is 8.95. The Kier molecular flexibility index (Phi) is 4.32. The third-order valence-corrected chi connectivity index (χ3v) is 3.05. The summed E-state index contributed by atoms with van der Waals surface area (Å²) in [6.45, 7) is 4.79. The van der Waals surface area contributed by atoms with Crippen molar-refractivity contribution in [2.45, 2.75) is 19.9 Å². The van der Waals surface area contributed by atoms with E-state index in [1.807, 2.05) is 0 Å². The molecule has 1 saturated heterocycles. The Balaban J connectivity index is 2.18. The van der Waals surface area contributed by atoms with Crippen molar-refractivity contribution in [2.24, 2.45) is 10.9 Å². The molecule has 1 atom stereocenters. The molecule has 19 heavy (non-hydrogen) atoms. The van der Waals surface area contributed by atoms with Gasteiger partial charge < -0.3 is 5.32 Å². The van der Waals surface area contributed by atoms with Gasteiger partial charge in [-0.2, -0.15) is 0 Å². The first kappa shape index (κ1) is 14.2. The van der Waals surface area contributed by atoms with Crippen LogP contribution < -0.4 is 10.6 Å². The second-order valence-electron chi connectivity index (χ2n) is 4.85. The highest BCUT2D eigenvalue weighted by Gasteiger charge is 2.29. The normalized spacial score (nSPS) is 20.8. The van der Waals surface area contributed by atoms with Crippen molar-refractivity contribution >= 4 is 35.1 Å². The number of carbonyl (C=O) groups is 1. The van der Waals surface area contributed by atoms with Crippen LogP contribution in [0.2, 0.25) is 10.0 Å². The molecule has 0 aromatic heterocycles. The average Bonchev–Trinajstić information content (AvgIpc) is 2.66. The molecule has 2 N–H and O–H groups in total. The van der Waals surface area contributed by atoms with Crippen LogP contribution in [0.25, 0.3) is 0 Å². The number of aliphatic imine (C=N–C) groups is 1. The Bertz CT molecular complexity index is 508. The number of rotatable bonds is 3. The number of halogens is 2. The summed E-state index contributed by atoms with van der Waals surface area (Å²) in [7, 11) is 0. The van der Waals surface area contributed by atoms with E-state index in [-0.39, 0.29) is 5.91 Å². The predicted molar refractivity (Wildman–Crippen MR) is 77.6 cm³/mol. The SMILES string of the molecule is CC(C)CN=C1NC(=O)C(c2cc(Cl)cc(Cl)c2)N1. The summed E-state index contributed by atoms with van der Waals surface area (Å²) < 4.78 is 0. The van der Waals surface area contributed by atoms with Crippen LogP contribution in [0.4, 0.5) is 0 Å². The van der Waals surface area contributed by atoms with Gasteiger partial charge >= 0.3 is 0 Å². The van der Waals surface area contributed by atoms with E-state index < -0.39 is 6.04 Å². The molecule has 1 aliphatic rings. The lowest BCUT2D eigenvalue weighted by Gasteiger charge is -2.09. The predicted octanol–water partition coefficient (Wildman–Crippen LogP) is 2.77. The lowest BCUT2D eigenvalue weighted by Crippen LogP contribution is -2.26. The number of benzene rings is 1. The number of nitrogens with one attached hydrogen (secondary N) is 2. The largest absolute Gasteiger partial charge is 0.340 e. The van der Waals surface area contributed by atoms with Crippen LogP contribution in [0, 0.1) is 5.92 Å². The molecule has 1 aromatic rings. The molecule has 6 heteroatoms. The maximum Gasteiger partial charge on any atom is 0.253 e. The fourth-order valence-corrected chi connectivity index (χ4v) is 2.31. The van der Waals surface area contributed by atoms with Gasteiger partial charge in [0, 0.05) is 16.6 Å². The van der Waals surface area contributed by atoms with E-state index in [0.29, 0.717) is 28.5 Å². The highest BCUT2D eigenvalue weighted by atomic mass is 35.5. The Morgan fingerprint density at radius 3 is 2.47 bits per heavy atom. The lowest BCUT2D eigenvalue weighted by atomic mass is 10.1. The van der Waals surface area contributed by atoms with Gasteiger partial charge in [-0.05, 0) is 29.7 Å². The van der Waals surface area contributed by atoms with Gasteiger partial charge in [0.15, 0.2) is 5.96 Å². The zero-order valence-electron chi connectivity index (χ0n) is 10.7. The number of hydrogen-bond donors (Lipinski definition) is 2. The van der Waals surface area contributed by atoms with Gasteiger partial charge in [-0.25, -0.2) is 0 Å². The number of nitrogens with zero attached hydrogens (tertiary/aromatic N) is 1. The Morgan fingerprint density at radius 1 is 1.26 bits per heavy atom. The molecule has 1 aliphatic heterocycles. The highest BCUT2D eigenvalue weighted by molar-refractivity contribution is 6.34. The van der Waals surface area contributed by atoms with Crippen LogP contribution in [0.1, 0.15) is 25.5 Å². The Labute approximate surface area is 122 Å². The molecular formula is C13H15Cl2N3O. The summed E-state index contributed by atoms with van der Waals surface area (Å²) in [6.07, 6.45) is 0. The summed E-state index contributed by atoms with van der Waals surface area (Å²) >= 11 is 11.9. The minimum Gasteiger partial charge on any atom is -0.340 e. The molecule has 2 rings (SSSR count). The quantitative estimate of drug-likeness (QED) is 0.902. The molecule has 1 fully saturated rings. The number of amides is 1. The van der Waals surface area contributed by atoms with E-state index >= 15 is 0 Å². The van der Waals surface area contributed by atoms with Crippen LogP contribution in [0.5, 0.6) is 0 Å². The molecule has 0 spiro atoms. The highest BCUT2D eigenvalue weighted by Crippen LogP contribution is 2.25. The summed E-state index contributed by atoms with van der Waals surface area (Å²) in [6, 6.07) is 4.57. The van der Waals surface area contributed by atoms with Crippen molar-refractivity contribution in [1.82, 2.24) is 10.6 Å². The zero-order chi connectivity index (χ0) is 14.0. The summed E-state index contributed by atoms with van der Waals surface area (Å²) in [4.78, 5) is 16.2. The third-order valence-electron chi connectivity index (χ3n) is 2.62. The topological polar surface area (TPSA) is 53.5 Å². The van der Waals surface area contributed by atoms with E-state index in [4.69, 9.17) is 23.2 Å². The first-order valence-electron chi connectivity index (χ1n) is 6.03. The summed E-state index contributed by atoms with van der Waals surface area (Å²) in [5.41, 5.74) is 0.727. The number of guanidine groups is 1. The van der Waals surface area contributed by atoms with E-state index in [0.717, 1.165) is 5.56 Å². The van der Waals surface area contributed by atoms with Crippen molar-refractivity contribution in [2.75, 3.05) is 6.54 Å². The number of carbonyl (C=O) groups excluding carboxylic acids is 1. The molecule has 0 radical (unpaired) electrons. The van der Waals surface area contributed by atoms with Gasteiger partial charge in [0.05, 0.1) is 0 Å². The van der Waals surface area contributed by atoms with E-state index in [1.54, 1.807) is 18.2 Å². The monoisotopic (exact) mass is 299 g/mol. The van der Waals surface area contributed by atoms with Crippen molar-refractivity contribution in [3.63, 3.8) is 0 Å². The maximum atomic E-state index is 11.9. The molecule has 102 valence electrons. The van der Waals surface area contributed by atoms with Gasteiger partial charge in [0.2, 0.25) is 0 Å². The molecule has 0 saturated carbocycles. The van der Waals surface area contributed by atoms with E-state index in [2.05, 4.69) is 29.5 Å². The zero-order valence-corrected chi connectivity index (χ0v) is 12.2. The fourth-order valence-electron chi connectivity index (χ4n) is 1.76. The average molecular weight is 300 g/mol. The molecule has 0 aliphatic carbocycles. The van der Waals surface area contributed by atoms with Gasteiger partial charge in [-0.15, -0.1) is 0 Å². The van der Waals surface area contributed by atoms with Crippen molar-refractivity contribution < 1.29 is 4.79 Å². The third kappa shape index (κ3) is 3.61. The second kappa shape index (κ2) is 5.80. The Morgan fingerprint density at radius 2 is 1.89 bits per heavy atom. The molecule has 0 bridgehead atoms.